The molecule has 7 rings (SSSR count). The summed E-state index contributed by atoms with van der Waals surface area (Å²) < 4.78 is 8.14. The van der Waals surface area contributed by atoms with Crippen LogP contribution in [0.2, 0.25) is 0 Å². The second-order valence-corrected chi connectivity index (χ2v) is 9.47. The maximum Gasteiger partial charge on any atom is 0.346 e. The lowest BCUT2D eigenvalue weighted by molar-refractivity contribution is 0.101. The van der Waals surface area contributed by atoms with Crippen LogP contribution in [0.4, 0.5) is 5.69 Å². The normalized spacial score (nSPS) is 11.6. The van der Waals surface area contributed by atoms with E-state index in [-0.39, 0.29) is 28.0 Å². The molecule has 1 N–H and O–H groups in total. The van der Waals surface area contributed by atoms with Crippen LogP contribution in [0.15, 0.2) is 92.9 Å². The Hall–Kier alpha value is -5.64. The molecule has 40 heavy (non-hydrogen) atoms. The topological polar surface area (TPSA) is 124 Å². The highest BCUT2D eigenvalue weighted by Crippen LogP contribution is 2.29. The first-order valence-electron chi connectivity index (χ1n) is 12.5. The Morgan fingerprint density at radius 2 is 1.55 bits per heavy atom. The average molecular weight is 529 g/mol. The van der Waals surface area contributed by atoms with E-state index in [0.29, 0.717) is 33.4 Å². The zero-order valence-electron chi connectivity index (χ0n) is 21.4. The first-order valence-corrected chi connectivity index (χ1v) is 12.5. The van der Waals surface area contributed by atoms with Gasteiger partial charge in [-0.15, -0.1) is 5.10 Å². The molecule has 7 aromatic rings. The summed E-state index contributed by atoms with van der Waals surface area (Å²) in [5.41, 5.74) is 1.83. The highest BCUT2D eigenvalue weighted by molar-refractivity contribution is 6.17. The summed E-state index contributed by atoms with van der Waals surface area (Å²) in [6.45, 7) is 3.63. The number of fused-ring (bicyclic) bond motifs is 6. The third kappa shape index (κ3) is 3.50. The quantitative estimate of drug-likeness (QED) is 0.263. The van der Waals surface area contributed by atoms with Crippen molar-refractivity contribution in [2.45, 2.75) is 13.8 Å². The number of rotatable bonds is 3. The Kier molecular flexibility index (Phi) is 5.11. The highest BCUT2D eigenvalue weighted by Gasteiger charge is 2.25. The van der Waals surface area contributed by atoms with Crippen molar-refractivity contribution in [3.05, 3.63) is 117 Å². The van der Waals surface area contributed by atoms with Crippen LogP contribution in [-0.4, -0.2) is 30.1 Å². The van der Waals surface area contributed by atoms with E-state index in [1.165, 1.54) is 9.08 Å². The number of benzene rings is 3. The molecular weight excluding hydrogens is 508 g/mol. The zero-order chi connectivity index (χ0) is 27.5. The molecule has 194 valence electrons. The van der Waals surface area contributed by atoms with Crippen LogP contribution in [0.25, 0.3) is 44.2 Å². The smallest absolute Gasteiger partial charge is 0.346 e. The van der Waals surface area contributed by atoms with Crippen molar-refractivity contribution in [2.75, 3.05) is 5.32 Å². The largest absolute Gasteiger partial charge is 0.422 e. The number of amides is 1. The maximum absolute atomic E-state index is 14.4. The minimum absolute atomic E-state index is 0.0967. The molecule has 0 radical (unpaired) electrons. The van der Waals surface area contributed by atoms with Gasteiger partial charge in [0.25, 0.3) is 11.5 Å². The van der Waals surface area contributed by atoms with Crippen LogP contribution >= 0.6 is 0 Å². The molecule has 0 aliphatic heterocycles. The maximum atomic E-state index is 14.4. The van der Waals surface area contributed by atoms with Crippen LogP contribution in [0.5, 0.6) is 0 Å². The van der Waals surface area contributed by atoms with Crippen molar-refractivity contribution in [1.82, 2.24) is 24.1 Å². The van der Waals surface area contributed by atoms with Crippen molar-refractivity contribution in [1.29, 1.82) is 0 Å². The molecule has 0 unspecified atom stereocenters. The summed E-state index contributed by atoms with van der Waals surface area (Å²) in [5.74, 6) is -0.656. The van der Waals surface area contributed by atoms with Crippen LogP contribution in [-0.2, 0) is 0 Å². The van der Waals surface area contributed by atoms with E-state index in [1.54, 1.807) is 55.5 Å². The fourth-order valence-corrected chi connectivity index (χ4v) is 4.98. The van der Waals surface area contributed by atoms with E-state index in [9.17, 15) is 14.4 Å². The van der Waals surface area contributed by atoms with Gasteiger partial charge in [0.2, 0.25) is 11.6 Å². The van der Waals surface area contributed by atoms with Crippen LogP contribution < -0.4 is 16.5 Å². The third-order valence-corrected chi connectivity index (χ3v) is 6.85. The molecule has 0 fully saturated rings. The van der Waals surface area contributed by atoms with Crippen molar-refractivity contribution < 1.29 is 9.21 Å². The summed E-state index contributed by atoms with van der Waals surface area (Å²) in [7, 11) is 0. The molecule has 0 saturated heterocycles. The van der Waals surface area contributed by atoms with E-state index < -0.39 is 17.1 Å². The Morgan fingerprint density at radius 3 is 2.33 bits per heavy atom. The Bertz CT molecular complexity index is 2270. The monoisotopic (exact) mass is 528 g/mol. The fraction of sp³-hybridized carbons (Fsp3) is 0.0667. The summed E-state index contributed by atoms with van der Waals surface area (Å²) in [5, 5.41) is 8.57. The van der Waals surface area contributed by atoms with Gasteiger partial charge in [0, 0.05) is 16.5 Å². The molecule has 0 bridgehead atoms. The summed E-state index contributed by atoms with van der Waals surface area (Å²) in [4.78, 5) is 50.2. The van der Waals surface area contributed by atoms with E-state index in [0.717, 1.165) is 5.56 Å². The van der Waals surface area contributed by atoms with Crippen LogP contribution in [0.3, 0.4) is 0 Å². The molecule has 0 aliphatic rings. The van der Waals surface area contributed by atoms with Gasteiger partial charge in [0.1, 0.15) is 5.58 Å². The number of para-hydroxylation sites is 2. The van der Waals surface area contributed by atoms with Gasteiger partial charge < -0.3 is 9.73 Å². The fourth-order valence-electron chi connectivity index (χ4n) is 4.98. The lowest BCUT2D eigenvalue weighted by Gasteiger charge is -2.09. The molecule has 10 heteroatoms. The molecule has 10 nitrogen and oxygen atoms in total. The van der Waals surface area contributed by atoms with Crippen molar-refractivity contribution in [2.24, 2.45) is 0 Å². The van der Waals surface area contributed by atoms with E-state index in [1.807, 2.05) is 37.3 Å². The summed E-state index contributed by atoms with van der Waals surface area (Å²) in [6.07, 6.45) is 0. The van der Waals surface area contributed by atoms with Crippen molar-refractivity contribution in [3.63, 3.8) is 0 Å². The number of pyridine rings is 1. The molecular formula is C30H20N6O4. The number of carbonyl (C=O) groups excluding carboxylic acids is 1. The van der Waals surface area contributed by atoms with Gasteiger partial charge in [-0.3, -0.25) is 9.59 Å². The first kappa shape index (κ1) is 23.5. The van der Waals surface area contributed by atoms with E-state index >= 15 is 0 Å². The number of aryl methyl sites for hydroxylation is 2. The molecule has 4 aromatic heterocycles. The predicted octanol–water partition coefficient (Wildman–Crippen LogP) is 4.56. The minimum atomic E-state index is -0.609. The van der Waals surface area contributed by atoms with Gasteiger partial charge in [-0.05, 0) is 44.2 Å². The van der Waals surface area contributed by atoms with Gasteiger partial charge in [-0.2, -0.15) is 9.67 Å². The summed E-state index contributed by atoms with van der Waals surface area (Å²) >= 11 is 0. The van der Waals surface area contributed by atoms with E-state index in [4.69, 9.17) is 9.40 Å². The number of nitrogens with zero attached hydrogens (tertiary/aromatic N) is 5. The molecule has 0 spiro atoms. The lowest BCUT2D eigenvalue weighted by atomic mass is 10.0. The SMILES string of the molecule is Cc1ccc(-n2nc(C(=O)Nc3ccccc3)n3c(=O)c4c(nc(C)c5c(=O)oc6ccccc6c54)nc23)cc1. The molecule has 0 aliphatic carbocycles. The van der Waals surface area contributed by atoms with Gasteiger partial charge >= 0.3 is 5.63 Å². The van der Waals surface area contributed by atoms with Crippen LogP contribution in [0.1, 0.15) is 21.9 Å². The van der Waals surface area contributed by atoms with Gasteiger partial charge in [0.15, 0.2) is 5.65 Å². The van der Waals surface area contributed by atoms with E-state index in [2.05, 4.69) is 15.4 Å². The molecule has 4 heterocycles. The van der Waals surface area contributed by atoms with Crippen molar-refractivity contribution >= 4 is 50.1 Å². The number of carbonyl (C=O) groups is 1. The van der Waals surface area contributed by atoms with Gasteiger partial charge in [0.05, 0.1) is 22.2 Å². The number of hydrogen-bond acceptors (Lipinski definition) is 7. The molecule has 0 saturated carbocycles. The second-order valence-electron chi connectivity index (χ2n) is 9.47. The number of anilines is 1. The number of aromatic nitrogens is 5. The molecule has 0 atom stereocenters. The summed E-state index contributed by atoms with van der Waals surface area (Å²) in [6, 6.07) is 23.3. The van der Waals surface area contributed by atoms with Crippen LogP contribution in [0, 0.1) is 13.8 Å². The molecule has 1 amide bonds. The number of nitrogens with one attached hydrogen (secondary N) is 1. The second kappa shape index (κ2) is 8.70. The number of hydrogen-bond donors (Lipinski definition) is 1. The standard InChI is InChI=1S/C30H20N6O4/c1-16-12-14-19(15-13-16)36-30-33-25-24(23-20-10-6-7-11-21(20)40-29(39)22(23)17(2)31-25)28(38)35(30)26(34-36)27(37)32-18-8-4-3-5-9-18/h3-15H,1-2H3,(H,32,37). The highest BCUT2D eigenvalue weighted by atomic mass is 16.4. The lowest BCUT2D eigenvalue weighted by Crippen LogP contribution is -2.24. The van der Waals surface area contributed by atoms with Gasteiger partial charge in [-0.25, -0.2) is 14.2 Å². The Balaban J connectivity index is 1.63. The average Bonchev–Trinajstić information content (AvgIpc) is 3.33. The first-order chi connectivity index (χ1) is 19.4. The Labute approximate surface area is 225 Å². The Morgan fingerprint density at radius 1 is 0.825 bits per heavy atom. The van der Waals surface area contributed by atoms with Gasteiger partial charge in [-0.1, -0.05) is 54.1 Å². The zero-order valence-corrected chi connectivity index (χ0v) is 21.4. The van der Waals surface area contributed by atoms with Crippen molar-refractivity contribution in [3.8, 4) is 5.69 Å². The molecule has 3 aromatic carbocycles. The predicted molar refractivity (Wildman–Crippen MR) is 151 cm³/mol. The minimum Gasteiger partial charge on any atom is -0.422 e. The third-order valence-electron chi connectivity index (χ3n) is 6.85.